The third-order valence-electron chi connectivity index (χ3n) is 5.95. The number of primary amides is 1. The summed E-state index contributed by atoms with van der Waals surface area (Å²) in [5, 5.41) is 34.8. The van der Waals surface area contributed by atoms with Crippen LogP contribution in [0.3, 0.4) is 0 Å². The van der Waals surface area contributed by atoms with Gasteiger partial charge in [0, 0.05) is 12.8 Å². The Morgan fingerprint density at radius 3 is 1.80 bits per heavy atom. The first-order chi connectivity index (χ1) is 19.3. The molecule has 0 bridgehead atoms. The molecule has 2 aromatic rings. The second kappa shape index (κ2) is 15.6. The van der Waals surface area contributed by atoms with Crippen molar-refractivity contribution in [2.75, 3.05) is 0 Å². The van der Waals surface area contributed by atoms with E-state index in [-0.39, 0.29) is 31.4 Å². The van der Waals surface area contributed by atoms with Gasteiger partial charge < -0.3 is 42.7 Å². The minimum atomic E-state index is -1.81. The molecule has 2 aromatic carbocycles. The van der Waals surface area contributed by atoms with Gasteiger partial charge in [0.2, 0.25) is 23.6 Å². The fourth-order valence-corrected chi connectivity index (χ4v) is 3.79. The largest absolute Gasteiger partial charge is 0.508 e. The number of phenols is 1. The second-order valence-electron chi connectivity index (χ2n) is 9.29. The quantitative estimate of drug-likeness (QED) is 0.119. The monoisotopic (exact) mass is 571 g/mol. The Hall–Kier alpha value is -4.98. The molecule has 4 atom stereocenters. The number of carboxylic acids is 2. The van der Waals surface area contributed by atoms with Gasteiger partial charge in [0.05, 0.1) is 12.5 Å². The number of aliphatic carboxylic acids is 2. The predicted octanol–water partition coefficient (Wildman–Crippen LogP) is -1.22. The lowest BCUT2D eigenvalue weighted by Crippen LogP contribution is -2.58. The Bertz CT molecular complexity index is 1240. The molecule has 0 aliphatic heterocycles. The third kappa shape index (κ3) is 11.3. The molecule has 41 heavy (non-hydrogen) atoms. The maximum Gasteiger partial charge on any atom is 0.326 e. The Balaban J connectivity index is 2.26. The van der Waals surface area contributed by atoms with Crippen LogP contribution in [0.25, 0.3) is 0 Å². The molecule has 220 valence electrons. The van der Waals surface area contributed by atoms with Gasteiger partial charge in [-0.3, -0.25) is 24.0 Å². The molecule has 0 spiro atoms. The summed E-state index contributed by atoms with van der Waals surface area (Å²) in [6.45, 7) is 0. The highest BCUT2D eigenvalue weighted by molar-refractivity contribution is 5.95. The highest BCUT2D eigenvalue weighted by atomic mass is 16.4. The van der Waals surface area contributed by atoms with Crippen molar-refractivity contribution in [1.82, 2.24) is 16.0 Å². The van der Waals surface area contributed by atoms with Crippen LogP contribution in [-0.2, 0) is 41.6 Å². The number of carbonyl (C=O) groups is 6. The van der Waals surface area contributed by atoms with Crippen molar-refractivity contribution in [2.45, 2.75) is 56.3 Å². The number of rotatable bonds is 16. The van der Waals surface area contributed by atoms with E-state index in [0.717, 1.165) is 5.56 Å². The van der Waals surface area contributed by atoms with Crippen LogP contribution in [0.4, 0.5) is 0 Å². The number of amides is 4. The summed E-state index contributed by atoms with van der Waals surface area (Å²) < 4.78 is 0. The Kier molecular flexibility index (Phi) is 12.2. The minimum absolute atomic E-state index is 0.0267. The zero-order valence-corrected chi connectivity index (χ0v) is 22.0. The SMILES string of the molecule is NC(=O)CCC(NC(=O)C(Cc1ccc(O)cc1)NC(=O)C(N)Cc1ccccc1)C(=O)NC(CC(=O)O)C(=O)O. The van der Waals surface area contributed by atoms with Gasteiger partial charge in [-0.25, -0.2) is 4.79 Å². The van der Waals surface area contributed by atoms with E-state index in [9.17, 15) is 39.0 Å². The molecule has 0 aliphatic rings. The lowest BCUT2D eigenvalue weighted by molar-refractivity contribution is -0.147. The highest BCUT2D eigenvalue weighted by Crippen LogP contribution is 2.12. The van der Waals surface area contributed by atoms with Crippen molar-refractivity contribution in [3.63, 3.8) is 0 Å². The maximum absolute atomic E-state index is 13.4. The van der Waals surface area contributed by atoms with Gasteiger partial charge in [0.1, 0.15) is 23.9 Å². The smallest absolute Gasteiger partial charge is 0.326 e. The van der Waals surface area contributed by atoms with Crippen LogP contribution in [0.15, 0.2) is 54.6 Å². The van der Waals surface area contributed by atoms with Crippen molar-refractivity contribution in [3.8, 4) is 5.75 Å². The molecule has 0 aromatic heterocycles. The number of nitrogens with one attached hydrogen (secondary N) is 3. The average Bonchev–Trinajstić information content (AvgIpc) is 2.91. The molecule has 4 unspecified atom stereocenters. The summed E-state index contributed by atoms with van der Waals surface area (Å²) in [5.41, 5.74) is 12.6. The minimum Gasteiger partial charge on any atom is -0.508 e. The molecule has 2 rings (SSSR count). The lowest BCUT2D eigenvalue weighted by Gasteiger charge is -2.25. The standard InChI is InChI=1S/C27H33N5O9/c28-18(12-15-4-2-1-3-5-15)24(37)31-20(13-16-6-8-17(33)9-7-16)26(39)30-19(10-11-22(29)34)25(38)32-21(27(40)41)14-23(35)36/h1-9,18-21,33H,10-14,28H2,(H2,29,34)(H,30,39)(H,31,37)(H,32,38)(H,35,36)(H,40,41). The predicted molar refractivity (Wildman–Crippen MR) is 144 cm³/mol. The van der Waals surface area contributed by atoms with E-state index in [0.29, 0.717) is 5.56 Å². The molecular formula is C27H33N5O9. The molecular weight excluding hydrogens is 538 g/mol. The molecule has 0 saturated heterocycles. The van der Waals surface area contributed by atoms with Crippen molar-refractivity contribution < 1.29 is 44.1 Å². The number of hydrogen-bond acceptors (Lipinski definition) is 8. The average molecular weight is 572 g/mol. The Labute approximate surface area is 235 Å². The summed E-state index contributed by atoms with van der Waals surface area (Å²) in [4.78, 5) is 73.0. The van der Waals surface area contributed by atoms with E-state index < -0.39 is 66.2 Å². The summed E-state index contributed by atoms with van der Waals surface area (Å²) in [6, 6.07) is 9.11. The number of hydrogen-bond donors (Lipinski definition) is 8. The fourth-order valence-electron chi connectivity index (χ4n) is 3.79. The fraction of sp³-hybridized carbons (Fsp3) is 0.333. The Morgan fingerprint density at radius 1 is 0.707 bits per heavy atom. The van der Waals surface area contributed by atoms with Crippen molar-refractivity contribution in [1.29, 1.82) is 0 Å². The van der Waals surface area contributed by atoms with Crippen LogP contribution in [0, 0.1) is 0 Å². The van der Waals surface area contributed by atoms with Gasteiger partial charge >= 0.3 is 11.9 Å². The van der Waals surface area contributed by atoms with Gasteiger partial charge in [-0.2, -0.15) is 0 Å². The molecule has 0 fully saturated rings. The number of carbonyl (C=O) groups excluding carboxylic acids is 4. The van der Waals surface area contributed by atoms with Gasteiger partial charge in [-0.05, 0) is 36.1 Å². The molecule has 0 radical (unpaired) electrons. The first-order valence-electron chi connectivity index (χ1n) is 12.6. The Morgan fingerprint density at radius 2 is 1.24 bits per heavy atom. The van der Waals surface area contributed by atoms with Gasteiger partial charge in [0.15, 0.2) is 0 Å². The van der Waals surface area contributed by atoms with E-state index in [1.165, 1.54) is 24.3 Å². The van der Waals surface area contributed by atoms with Crippen molar-refractivity contribution in [2.24, 2.45) is 11.5 Å². The third-order valence-corrected chi connectivity index (χ3v) is 5.95. The van der Waals surface area contributed by atoms with Crippen molar-refractivity contribution in [3.05, 3.63) is 65.7 Å². The molecule has 14 heteroatoms. The normalized spacial score (nSPS) is 13.6. The van der Waals surface area contributed by atoms with Crippen LogP contribution in [-0.4, -0.2) is 75.1 Å². The maximum atomic E-state index is 13.4. The summed E-state index contributed by atoms with van der Waals surface area (Å²) in [7, 11) is 0. The van der Waals surface area contributed by atoms with E-state index in [2.05, 4.69) is 10.6 Å². The second-order valence-corrected chi connectivity index (χ2v) is 9.29. The van der Waals surface area contributed by atoms with Crippen LogP contribution in [0.2, 0.25) is 0 Å². The first kappa shape index (κ1) is 32.2. The van der Waals surface area contributed by atoms with Crippen LogP contribution in [0.5, 0.6) is 5.75 Å². The van der Waals surface area contributed by atoms with Crippen LogP contribution < -0.4 is 27.4 Å². The van der Waals surface area contributed by atoms with Gasteiger partial charge in [-0.15, -0.1) is 0 Å². The van der Waals surface area contributed by atoms with Crippen LogP contribution in [0.1, 0.15) is 30.4 Å². The highest BCUT2D eigenvalue weighted by Gasteiger charge is 2.31. The van der Waals surface area contributed by atoms with Crippen molar-refractivity contribution >= 4 is 35.6 Å². The van der Waals surface area contributed by atoms with E-state index in [1.807, 2.05) is 5.32 Å². The van der Waals surface area contributed by atoms with E-state index >= 15 is 0 Å². The molecule has 10 N–H and O–H groups in total. The molecule has 0 heterocycles. The number of nitrogens with two attached hydrogens (primary N) is 2. The topological polar surface area (TPSA) is 251 Å². The summed E-state index contributed by atoms with van der Waals surface area (Å²) in [5.74, 6) is -6.54. The molecule has 14 nitrogen and oxygen atoms in total. The number of benzene rings is 2. The zero-order valence-electron chi connectivity index (χ0n) is 22.0. The van der Waals surface area contributed by atoms with Gasteiger partial charge in [0.25, 0.3) is 0 Å². The van der Waals surface area contributed by atoms with Crippen LogP contribution >= 0.6 is 0 Å². The van der Waals surface area contributed by atoms with E-state index in [1.54, 1.807) is 30.3 Å². The number of aromatic hydroxyl groups is 1. The first-order valence-corrected chi connectivity index (χ1v) is 12.6. The molecule has 4 amide bonds. The molecule has 0 saturated carbocycles. The summed E-state index contributed by atoms with van der Waals surface area (Å²) in [6.07, 6.45) is -1.55. The number of carboxylic acid groups (broad SMARTS) is 2. The van der Waals surface area contributed by atoms with E-state index in [4.69, 9.17) is 16.6 Å². The molecule has 0 aliphatic carbocycles. The van der Waals surface area contributed by atoms with Gasteiger partial charge in [-0.1, -0.05) is 42.5 Å². The summed E-state index contributed by atoms with van der Waals surface area (Å²) >= 11 is 0. The lowest BCUT2D eigenvalue weighted by atomic mass is 10.0. The number of phenolic OH excluding ortho intramolecular Hbond substituents is 1. The zero-order chi connectivity index (χ0) is 30.5.